The molecule has 178 valence electrons. The summed E-state index contributed by atoms with van der Waals surface area (Å²) in [4.78, 5) is 26.8. The summed E-state index contributed by atoms with van der Waals surface area (Å²) in [6.07, 6.45) is 0. The highest BCUT2D eigenvalue weighted by atomic mass is 16.5. The summed E-state index contributed by atoms with van der Waals surface area (Å²) in [6.45, 7) is 8.04. The molecule has 0 atom stereocenters. The molecule has 0 aliphatic heterocycles. The average Bonchev–Trinajstić information content (AvgIpc) is 2.86. The van der Waals surface area contributed by atoms with E-state index in [1.54, 1.807) is 36.9 Å². The monoisotopic (exact) mass is 467 g/mol. The highest BCUT2D eigenvalue weighted by molar-refractivity contribution is 6.05. The summed E-state index contributed by atoms with van der Waals surface area (Å²) in [7, 11) is 1.57. The van der Waals surface area contributed by atoms with Gasteiger partial charge in [0.2, 0.25) is 5.43 Å². The van der Waals surface area contributed by atoms with Crippen LogP contribution in [0.3, 0.4) is 0 Å². The molecule has 1 N–H and O–H groups in total. The Labute approximate surface area is 205 Å². The number of amides is 1. The molecule has 6 nitrogen and oxygen atoms in total. The first kappa shape index (κ1) is 24.0. The van der Waals surface area contributed by atoms with E-state index in [0.29, 0.717) is 34.0 Å². The zero-order valence-electron chi connectivity index (χ0n) is 20.6. The fourth-order valence-corrected chi connectivity index (χ4v) is 3.86. The second-order valence-electron chi connectivity index (χ2n) is 9.40. The van der Waals surface area contributed by atoms with Gasteiger partial charge >= 0.3 is 0 Å². The van der Waals surface area contributed by atoms with Gasteiger partial charge in [0.05, 0.1) is 18.4 Å². The largest absolute Gasteiger partial charge is 0.497 e. The number of nitrogens with zero attached hydrogens (tertiary/aromatic N) is 2. The van der Waals surface area contributed by atoms with Gasteiger partial charge in [-0.1, -0.05) is 63.2 Å². The molecule has 0 bridgehead atoms. The highest BCUT2D eigenvalue weighted by Gasteiger charge is 2.22. The van der Waals surface area contributed by atoms with Crippen LogP contribution in [0.15, 0.2) is 83.7 Å². The van der Waals surface area contributed by atoms with Crippen LogP contribution in [-0.2, 0) is 5.41 Å². The third kappa shape index (κ3) is 5.01. The number of hydrogen-bond acceptors (Lipinski definition) is 4. The normalized spacial score (nSPS) is 11.2. The van der Waals surface area contributed by atoms with E-state index in [2.05, 4.69) is 31.2 Å². The summed E-state index contributed by atoms with van der Waals surface area (Å²) < 4.78 is 6.98. The first-order valence-electron chi connectivity index (χ1n) is 11.4. The maximum absolute atomic E-state index is 13.4. The van der Waals surface area contributed by atoms with Crippen molar-refractivity contribution in [2.75, 3.05) is 12.4 Å². The molecule has 1 heterocycles. The van der Waals surface area contributed by atoms with Gasteiger partial charge in [0.15, 0.2) is 0 Å². The van der Waals surface area contributed by atoms with E-state index in [0.717, 1.165) is 11.3 Å². The molecule has 35 heavy (non-hydrogen) atoms. The van der Waals surface area contributed by atoms with Gasteiger partial charge in [-0.15, -0.1) is 0 Å². The van der Waals surface area contributed by atoms with Crippen LogP contribution in [0.4, 0.5) is 5.82 Å². The van der Waals surface area contributed by atoms with E-state index in [-0.39, 0.29) is 16.8 Å². The maximum Gasteiger partial charge on any atom is 0.256 e. The van der Waals surface area contributed by atoms with Crippen LogP contribution in [0, 0.1) is 6.92 Å². The molecule has 0 aliphatic carbocycles. The summed E-state index contributed by atoms with van der Waals surface area (Å²) in [5.41, 5.74) is 3.35. The van der Waals surface area contributed by atoms with Gasteiger partial charge < -0.3 is 10.1 Å². The zero-order valence-corrected chi connectivity index (χ0v) is 20.6. The summed E-state index contributed by atoms with van der Waals surface area (Å²) in [6, 6.07) is 24.1. The minimum atomic E-state index is -0.329. The van der Waals surface area contributed by atoms with Crippen molar-refractivity contribution in [1.82, 2.24) is 9.78 Å². The van der Waals surface area contributed by atoms with Gasteiger partial charge in [0.25, 0.3) is 5.91 Å². The third-order valence-corrected chi connectivity index (χ3v) is 5.86. The van der Waals surface area contributed by atoms with Crippen LogP contribution in [0.25, 0.3) is 16.8 Å². The lowest BCUT2D eigenvalue weighted by atomic mass is 9.87. The number of benzene rings is 3. The smallest absolute Gasteiger partial charge is 0.256 e. The van der Waals surface area contributed by atoms with Crippen molar-refractivity contribution in [3.63, 3.8) is 0 Å². The van der Waals surface area contributed by atoms with Crippen molar-refractivity contribution in [2.24, 2.45) is 0 Å². The number of anilines is 1. The minimum absolute atomic E-state index is 0.0246. The van der Waals surface area contributed by atoms with Gasteiger partial charge in [-0.2, -0.15) is 5.10 Å². The zero-order chi connectivity index (χ0) is 25.2. The molecule has 1 amide bonds. The summed E-state index contributed by atoms with van der Waals surface area (Å²) in [5, 5.41) is 7.50. The molecule has 3 aromatic carbocycles. The fourth-order valence-electron chi connectivity index (χ4n) is 3.86. The molecule has 6 heteroatoms. The number of nitrogens with one attached hydrogen (secondary N) is 1. The number of aromatic nitrogens is 2. The van der Waals surface area contributed by atoms with Crippen LogP contribution in [0.5, 0.6) is 5.75 Å². The Balaban J connectivity index is 1.89. The predicted molar refractivity (Wildman–Crippen MR) is 140 cm³/mol. The van der Waals surface area contributed by atoms with Gasteiger partial charge in [-0.25, -0.2) is 4.68 Å². The second-order valence-corrected chi connectivity index (χ2v) is 9.40. The lowest BCUT2D eigenvalue weighted by molar-refractivity contribution is 0.102. The van der Waals surface area contributed by atoms with Crippen molar-refractivity contribution in [3.8, 4) is 22.6 Å². The molecule has 0 unspecified atom stereocenters. The highest BCUT2D eigenvalue weighted by Crippen LogP contribution is 2.30. The van der Waals surface area contributed by atoms with Crippen molar-refractivity contribution < 1.29 is 9.53 Å². The fraction of sp³-hybridized carbons (Fsp3) is 0.207. The number of hydrogen-bond donors (Lipinski definition) is 1. The minimum Gasteiger partial charge on any atom is -0.497 e. The molecule has 0 saturated heterocycles. The third-order valence-electron chi connectivity index (χ3n) is 5.86. The average molecular weight is 468 g/mol. The lowest BCUT2D eigenvalue weighted by Crippen LogP contribution is -2.25. The standard InChI is InChI=1S/C29H29N3O3/c1-19-26(33)25(21-10-9-13-24(18-21)35-5)27(32(31-19)23-11-7-6-8-12-23)30-28(34)20-14-16-22(17-15-20)29(2,3)4/h6-18H,1-5H3,(H,30,34). The van der Waals surface area contributed by atoms with E-state index in [1.807, 2.05) is 60.7 Å². The van der Waals surface area contributed by atoms with Crippen LogP contribution in [0.2, 0.25) is 0 Å². The van der Waals surface area contributed by atoms with E-state index < -0.39 is 0 Å². The van der Waals surface area contributed by atoms with Gasteiger partial charge in [-0.05, 0) is 59.9 Å². The van der Waals surface area contributed by atoms with E-state index in [1.165, 1.54) is 0 Å². The van der Waals surface area contributed by atoms with E-state index in [4.69, 9.17) is 4.74 Å². The van der Waals surface area contributed by atoms with Crippen LogP contribution in [0.1, 0.15) is 42.4 Å². The van der Waals surface area contributed by atoms with Gasteiger partial charge in [0, 0.05) is 5.56 Å². The van der Waals surface area contributed by atoms with Crippen molar-refractivity contribution in [3.05, 3.63) is 106 Å². The molecule has 0 radical (unpaired) electrons. The number of carbonyl (C=O) groups is 1. The van der Waals surface area contributed by atoms with Crippen molar-refractivity contribution in [1.29, 1.82) is 0 Å². The van der Waals surface area contributed by atoms with Crippen LogP contribution >= 0.6 is 0 Å². The van der Waals surface area contributed by atoms with E-state index in [9.17, 15) is 9.59 Å². The second kappa shape index (κ2) is 9.58. The van der Waals surface area contributed by atoms with Gasteiger partial charge in [-0.3, -0.25) is 9.59 Å². The Bertz CT molecular complexity index is 1420. The lowest BCUT2D eigenvalue weighted by Gasteiger charge is -2.20. The molecular weight excluding hydrogens is 438 g/mol. The number of aryl methyl sites for hydroxylation is 1. The van der Waals surface area contributed by atoms with Crippen molar-refractivity contribution in [2.45, 2.75) is 33.1 Å². The first-order chi connectivity index (χ1) is 16.7. The van der Waals surface area contributed by atoms with Crippen molar-refractivity contribution >= 4 is 11.7 Å². The quantitative estimate of drug-likeness (QED) is 0.405. The first-order valence-corrected chi connectivity index (χ1v) is 11.4. The molecule has 0 spiro atoms. The topological polar surface area (TPSA) is 73.2 Å². The number of ether oxygens (including phenoxy) is 1. The number of methoxy groups -OCH3 is 1. The Morgan fingerprint density at radius 2 is 1.63 bits per heavy atom. The Kier molecular flexibility index (Phi) is 6.56. The molecule has 1 aromatic heterocycles. The van der Waals surface area contributed by atoms with Crippen LogP contribution < -0.4 is 15.5 Å². The molecule has 0 aliphatic rings. The summed E-state index contributed by atoms with van der Waals surface area (Å²) in [5.74, 6) is 0.576. The number of rotatable bonds is 5. The number of carbonyl (C=O) groups excluding carboxylic acids is 1. The maximum atomic E-state index is 13.4. The Morgan fingerprint density at radius 1 is 0.943 bits per heavy atom. The molecule has 0 fully saturated rings. The molecule has 0 saturated carbocycles. The molecule has 4 rings (SSSR count). The molecule has 4 aromatic rings. The Morgan fingerprint density at radius 3 is 2.26 bits per heavy atom. The Hall–Kier alpha value is -4.19. The van der Waals surface area contributed by atoms with Gasteiger partial charge in [0.1, 0.15) is 17.3 Å². The predicted octanol–water partition coefficient (Wildman–Crippen LogP) is 5.77. The molecular formula is C29H29N3O3. The summed E-state index contributed by atoms with van der Waals surface area (Å²) >= 11 is 0. The number of para-hydroxylation sites is 1. The van der Waals surface area contributed by atoms with Crippen LogP contribution in [-0.4, -0.2) is 22.8 Å². The SMILES string of the molecule is COc1cccc(-c2c(NC(=O)c3ccc(C(C)(C)C)cc3)n(-c3ccccc3)nc(C)c2=O)c1. The van der Waals surface area contributed by atoms with E-state index >= 15 is 0 Å².